The van der Waals surface area contributed by atoms with Crippen LogP contribution >= 0.6 is 0 Å². The van der Waals surface area contributed by atoms with E-state index in [0.717, 1.165) is 50.5 Å². The van der Waals surface area contributed by atoms with Crippen LogP contribution in [-0.4, -0.2) is 54.8 Å². The van der Waals surface area contributed by atoms with Crippen LogP contribution in [0.25, 0.3) is 0 Å². The zero-order valence-electron chi connectivity index (χ0n) is 17.7. The first-order valence-electron chi connectivity index (χ1n) is 10.7. The third kappa shape index (κ3) is 5.26. The molecule has 1 heterocycles. The summed E-state index contributed by atoms with van der Waals surface area (Å²) in [5.41, 5.74) is 3.32. The van der Waals surface area contributed by atoms with Gasteiger partial charge in [-0.3, -0.25) is 14.5 Å². The van der Waals surface area contributed by atoms with Gasteiger partial charge in [0.2, 0.25) is 5.91 Å². The number of rotatable bonds is 6. The van der Waals surface area contributed by atoms with E-state index in [2.05, 4.69) is 46.5 Å². The Morgan fingerprint density at radius 2 is 1.47 bits per heavy atom. The Kier molecular flexibility index (Phi) is 6.16. The van der Waals surface area contributed by atoms with Crippen LogP contribution in [0.5, 0.6) is 0 Å². The van der Waals surface area contributed by atoms with Crippen LogP contribution in [-0.2, 0) is 11.3 Å². The van der Waals surface area contributed by atoms with Crippen molar-refractivity contribution in [3.8, 4) is 0 Å². The molecule has 2 N–H and O–H groups in total. The molecule has 0 bridgehead atoms. The molecule has 0 aromatic heterocycles. The molecular weight excluding hydrogens is 376 g/mol. The zero-order valence-corrected chi connectivity index (χ0v) is 17.7. The number of likely N-dealkylation sites (N-methyl/N-ethyl adjacent to an activating group) is 1. The monoisotopic (exact) mass is 406 g/mol. The van der Waals surface area contributed by atoms with E-state index >= 15 is 0 Å². The molecular formula is C24H30N4O2. The summed E-state index contributed by atoms with van der Waals surface area (Å²) >= 11 is 0. The summed E-state index contributed by atoms with van der Waals surface area (Å²) in [6.45, 7) is 7.41. The van der Waals surface area contributed by atoms with Gasteiger partial charge in [0.1, 0.15) is 0 Å². The third-order valence-electron chi connectivity index (χ3n) is 6.07. The molecule has 2 unspecified atom stereocenters. The van der Waals surface area contributed by atoms with E-state index < -0.39 is 0 Å². The molecule has 1 aliphatic heterocycles. The van der Waals surface area contributed by atoms with Crippen LogP contribution in [0.2, 0.25) is 0 Å². The molecule has 2 aromatic carbocycles. The highest BCUT2D eigenvalue weighted by Crippen LogP contribution is 2.38. The summed E-state index contributed by atoms with van der Waals surface area (Å²) in [6.07, 6.45) is 0.959. The average Bonchev–Trinajstić information content (AvgIpc) is 3.48. The molecule has 2 aliphatic rings. The van der Waals surface area contributed by atoms with Gasteiger partial charge in [-0.1, -0.05) is 19.1 Å². The van der Waals surface area contributed by atoms with Crippen LogP contribution in [0.3, 0.4) is 0 Å². The van der Waals surface area contributed by atoms with Crippen LogP contribution in [0.1, 0.15) is 29.3 Å². The molecule has 2 atom stereocenters. The minimum atomic E-state index is -0.157. The highest BCUT2D eigenvalue weighted by atomic mass is 16.2. The summed E-state index contributed by atoms with van der Waals surface area (Å²) in [5.74, 6) is 0.516. The van der Waals surface area contributed by atoms with Crippen molar-refractivity contribution in [2.24, 2.45) is 11.8 Å². The molecule has 2 fully saturated rings. The van der Waals surface area contributed by atoms with Gasteiger partial charge in [0.05, 0.1) is 0 Å². The minimum absolute atomic E-state index is 0.0661. The smallest absolute Gasteiger partial charge is 0.255 e. The Morgan fingerprint density at radius 1 is 0.900 bits per heavy atom. The molecule has 2 amide bonds. The molecule has 2 aromatic rings. The van der Waals surface area contributed by atoms with E-state index in [4.69, 9.17) is 0 Å². The number of amides is 2. The highest BCUT2D eigenvalue weighted by Gasteiger charge is 2.39. The minimum Gasteiger partial charge on any atom is -0.326 e. The summed E-state index contributed by atoms with van der Waals surface area (Å²) in [5, 5.41) is 5.86. The fraction of sp³-hybridized carbons (Fsp3) is 0.417. The van der Waals surface area contributed by atoms with Crippen molar-refractivity contribution in [3.05, 3.63) is 59.7 Å². The van der Waals surface area contributed by atoms with Crippen LogP contribution < -0.4 is 10.6 Å². The van der Waals surface area contributed by atoms with Crippen molar-refractivity contribution in [1.82, 2.24) is 9.80 Å². The first-order chi connectivity index (χ1) is 14.5. The Hall–Kier alpha value is -2.70. The number of nitrogens with one attached hydrogen (secondary N) is 2. The van der Waals surface area contributed by atoms with Gasteiger partial charge in [-0.2, -0.15) is 0 Å². The highest BCUT2D eigenvalue weighted by molar-refractivity contribution is 6.04. The first-order valence-corrected chi connectivity index (χ1v) is 10.7. The molecule has 6 nitrogen and oxygen atoms in total. The van der Waals surface area contributed by atoms with Crippen LogP contribution in [0, 0.1) is 11.8 Å². The predicted octanol–water partition coefficient (Wildman–Crippen LogP) is 3.28. The van der Waals surface area contributed by atoms with Gasteiger partial charge in [-0.25, -0.2) is 0 Å². The summed E-state index contributed by atoms with van der Waals surface area (Å²) in [7, 11) is 2.16. The van der Waals surface area contributed by atoms with E-state index in [-0.39, 0.29) is 17.7 Å². The zero-order chi connectivity index (χ0) is 21.1. The van der Waals surface area contributed by atoms with Crippen molar-refractivity contribution in [2.45, 2.75) is 19.9 Å². The maximum Gasteiger partial charge on any atom is 0.255 e. The summed E-state index contributed by atoms with van der Waals surface area (Å²) in [6, 6.07) is 15.1. The van der Waals surface area contributed by atoms with Crippen LogP contribution in [0.15, 0.2) is 48.5 Å². The largest absolute Gasteiger partial charge is 0.326 e. The lowest BCUT2D eigenvalue weighted by Gasteiger charge is -2.32. The Bertz CT molecular complexity index is 886. The maximum absolute atomic E-state index is 12.5. The van der Waals surface area contributed by atoms with Gasteiger partial charge in [-0.05, 0) is 61.3 Å². The molecule has 158 valence electrons. The molecule has 30 heavy (non-hydrogen) atoms. The second-order valence-corrected chi connectivity index (χ2v) is 8.62. The predicted molar refractivity (Wildman–Crippen MR) is 120 cm³/mol. The quantitative estimate of drug-likeness (QED) is 0.773. The number of hydrogen-bond acceptors (Lipinski definition) is 4. The van der Waals surface area contributed by atoms with Gasteiger partial charge in [0.15, 0.2) is 0 Å². The molecule has 1 saturated carbocycles. The Balaban J connectivity index is 1.28. The normalized spacial score (nSPS) is 21.8. The van der Waals surface area contributed by atoms with E-state index in [9.17, 15) is 9.59 Å². The van der Waals surface area contributed by atoms with Crippen LogP contribution in [0.4, 0.5) is 11.4 Å². The number of anilines is 2. The molecule has 1 aliphatic carbocycles. The van der Waals surface area contributed by atoms with E-state index in [0.29, 0.717) is 11.5 Å². The van der Waals surface area contributed by atoms with Crippen molar-refractivity contribution in [3.63, 3.8) is 0 Å². The second kappa shape index (κ2) is 8.98. The molecule has 1 saturated heterocycles. The van der Waals surface area contributed by atoms with Gasteiger partial charge >= 0.3 is 0 Å². The number of hydrogen-bond donors (Lipinski definition) is 2. The lowest BCUT2D eigenvalue weighted by atomic mass is 10.1. The number of benzene rings is 2. The fourth-order valence-corrected chi connectivity index (χ4v) is 3.79. The topological polar surface area (TPSA) is 64.7 Å². The second-order valence-electron chi connectivity index (χ2n) is 8.62. The van der Waals surface area contributed by atoms with Crippen molar-refractivity contribution in [1.29, 1.82) is 0 Å². The van der Waals surface area contributed by atoms with E-state index in [1.54, 1.807) is 24.3 Å². The number of carbonyl (C=O) groups is 2. The fourth-order valence-electron chi connectivity index (χ4n) is 3.79. The van der Waals surface area contributed by atoms with Crippen molar-refractivity contribution >= 4 is 23.2 Å². The Labute approximate surface area is 178 Å². The van der Waals surface area contributed by atoms with Gasteiger partial charge < -0.3 is 15.5 Å². The summed E-state index contributed by atoms with van der Waals surface area (Å²) in [4.78, 5) is 29.4. The van der Waals surface area contributed by atoms with E-state index in [1.165, 1.54) is 5.56 Å². The van der Waals surface area contributed by atoms with Crippen molar-refractivity contribution < 1.29 is 9.59 Å². The maximum atomic E-state index is 12.5. The lowest BCUT2D eigenvalue weighted by molar-refractivity contribution is -0.117. The van der Waals surface area contributed by atoms with E-state index in [1.807, 2.05) is 12.1 Å². The molecule has 0 radical (unpaired) electrons. The molecule has 0 spiro atoms. The third-order valence-corrected chi connectivity index (χ3v) is 6.07. The SMILES string of the molecule is CC1CC1C(=O)Nc1ccc(C(=O)Nc2ccc(CN3CCN(C)CC3)cc2)cc1. The first kappa shape index (κ1) is 20.6. The van der Waals surface area contributed by atoms with Gasteiger partial charge in [0, 0.05) is 55.6 Å². The standard InChI is InChI=1S/C24H30N4O2/c1-17-15-22(17)24(30)26-21-9-5-19(6-10-21)23(29)25-20-7-3-18(4-8-20)16-28-13-11-27(2)12-14-28/h3-10,17,22H,11-16H2,1-2H3,(H,25,29)(H,26,30). The Morgan fingerprint density at radius 3 is 2.07 bits per heavy atom. The van der Waals surface area contributed by atoms with Gasteiger partial charge in [0.25, 0.3) is 5.91 Å². The summed E-state index contributed by atoms with van der Waals surface area (Å²) < 4.78 is 0. The molecule has 6 heteroatoms. The number of nitrogens with zero attached hydrogens (tertiary/aromatic N) is 2. The lowest BCUT2D eigenvalue weighted by Crippen LogP contribution is -2.43. The van der Waals surface area contributed by atoms with Gasteiger partial charge in [-0.15, -0.1) is 0 Å². The average molecular weight is 407 g/mol. The number of piperazine rings is 1. The number of carbonyl (C=O) groups excluding carboxylic acids is 2. The van der Waals surface area contributed by atoms with Crippen molar-refractivity contribution in [2.75, 3.05) is 43.9 Å². The molecule has 4 rings (SSSR count).